The number of ether oxygens (including phenoxy) is 3. The van der Waals surface area contributed by atoms with Crippen LogP contribution in [0.2, 0.25) is 0 Å². The third-order valence-corrected chi connectivity index (χ3v) is 13.9. The third kappa shape index (κ3) is 14.6. The second-order valence-electron chi connectivity index (χ2n) is 19.0. The van der Waals surface area contributed by atoms with Crippen LogP contribution in [-0.2, 0) is 33.4 Å². The first-order valence-corrected chi connectivity index (χ1v) is 22.9. The maximum absolute atomic E-state index is 14.2. The predicted octanol–water partition coefficient (Wildman–Crippen LogP) is 7.75. The predicted molar refractivity (Wildman–Crippen MR) is 232 cm³/mol. The van der Waals surface area contributed by atoms with Crippen molar-refractivity contribution in [1.82, 2.24) is 4.90 Å². The van der Waals surface area contributed by atoms with E-state index in [0.717, 1.165) is 44.1 Å². The zero-order valence-corrected chi connectivity index (χ0v) is 37.9. The van der Waals surface area contributed by atoms with Gasteiger partial charge in [0, 0.05) is 50.7 Å². The van der Waals surface area contributed by atoms with Crippen molar-refractivity contribution in [2.45, 2.75) is 187 Å². The lowest BCUT2D eigenvalue weighted by molar-refractivity contribution is -0.284. The lowest BCUT2D eigenvalue weighted by Gasteiger charge is -2.44. The molecule has 3 heterocycles. The van der Waals surface area contributed by atoms with Crippen LogP contribution < -0.4 is 0 Å². The molecule has 3 fully saturated rings. The number of aliphatic hydroxyl groups excluding tert-OH is 2. The van der Waals surface area contributed by atoms with Gasteiger partial charge in [-0.25, -0.2) is 4.79 Å². The molecule has 0 spiro atoms. The van der Waals surface area contributed by atoms with Crippen LogP contribution in [0.5, 0.6) is 0 Å². The lowest BCUT2D eigenvalue weighted by atomic mass is 9.79. The van der Waals surface area contributed by atoms with Crippen LogP contribution >= 0.6 is 0 Å². The average Bonchev–Trinajstić information content (AvgIpc) is 3.20. The van der Waals surface area contributed by atoms with Crippen LogP contribution in [0.4, 0.5) is 0 Å². The summed E-state index contributed by atoms with van der Waals surface area (Å²) in [6, 6.07) is -0.860. The second-order valence-corrected chi connectivity index (χ2v) is 19.0. The number of methoxy groups -OCH3 is 1. The molecule has 3 aliphatic heterocycles. The van der Waals surface area contributed by atoms with Gasteiger partial charge >= 0.3 is 5.97 Å². The van der Waals surface area contributed by atoms with Gasteiger partial charge in [-0.1, -0.05) is 71.1 Å². The van der Waals surface area contributed by atoms with E-state index in [2.05, 4.69) is 13.0 Å². The number of rotatable bonds is 4. The third-order valence-electron chi connectivity index (χ3n) is 13.9. The quantitative estimate of drug-likeness (QED) is 0.189. The average molecular weight is 840 g/mol. The molecule has 4 rings (SSSR count). The van der Waals surface area contributed by atoms with Crippen LogP contribution in [0.1, 0.15) is 145 Å². The Hall–Kier alpha value is -2.96. The highest BCUT2D eigenvalue weighted by atomic mass is 16.6. The molecule has 338 valence electrons. The summed E-state index contributed by atoms with van der Waals surface area (Å²) in [6.45, 7) is 13.7. The van der Waals surface area contributed by atoms with E-state index in [1.54, 1.807) is 27.0 Å². The van der Waals surface area contributed by atoms with E-state index in [0.29, 0.717) is 56.6 Å². The fraction of sp³-hybridized carbons (Fsp3) is 0.755. The largest absolute Gasteiger partial charge is 0.460 e. The molecule has 2 saturated heterocycles. The van der Waals surface area contributed by atoms with Crippen molar-refractivity contribution in [3.05, 3.63) is 47.6 Å². The molecule has 1 amide bonds. The number of amides is 1. The second kappa shape index (κ2) is 23.5. The molecule has 3 N–H and O–H groups in total. The first-order chi connectivity index (χ1) is 28.4. The van der Waals surface area contributed by atoms with Gasteiger partial charge < -0.3 is 34.4 Å². The number of Topliss-reactive ketones (excluding diaryl/α,β-unsaturated/α-hetero) is 2. The van der Waals surface area contributed by atoms with Crippen molar-refractivity contribution in [3.8, 4) is 0 Å². The topological polar surface area (TPSA) is 160 Å². The van der Waals surface area contributed by atoms with Gasteiger partial charge in [-0.3, -0.25) is 14.4 Å². The molecule has 1 saturated carbocycles. The van der Waals surface area contributed by atoms with E-state index in [4.69, 9.17) is 14.2 Å². The Balaban J connectivity index is 1.63. The fourth-order valence-corrected chi connectivity index (χ4v) is 9.59. The highest BCUT2D eigenvalue weighted by Crippen LogP contribution is 2.38. The number of esters is 1. The number of ketones is 2. The van der Waals surface area contributed by atoms with E-state index < -0.39 is 35.9 Å². The minimum absolute atomic E-state index is 0.0376. The number of piperidine rings is 1. The number of cyclic esters (lactones) is 1. The Morgan fingerprint density at radius 2 is 1.58 bits per heavy atom. The normalized spacial score (nSPS) is 40.2. The van der Waals surface area contributed by atoms with Gasteiger partial charge in [-0.15, -0.1) is 0 Å². The summed E-state index contributed by atoms with van der Waals surface area (Å²) >= 11 is 0. The molecule has 11 heteroatoms. The zero-order valence-electron chi connectivity index (χ0n) is 37.9. The number of carbonyl (C=O) groups excluding carboxylic acids is 4. The Morgan fingerprint density at radius 1 is 0.867 bits per heavy atom. The molecular weight excluding hydrogens is 763 g/mol. The molecule has 0 aromatic carbocycles. The van der Waals surface area contributed by atoms with Crippen LogP contribution in [0.25, 0.3) is 0 Å². The monoisotopic (exact) mass is 840 g/mol. The first kappa shape index (κ1) is 49.7. The number of fused-ring (bicyclic) bond motifs is 3. The van der Waals surface area contributed by atoms with Crippen molar-refractivity contribution in [2.75, 3.05) is 13.7 Å². The number of hydrogen-bond acceptors (Lipinski definition) is 10. The molecular formula is C49H77NO10. The van der Waals surface area contributed by atoms with Crippen LogP contribution in [0, 0.1) is 35.5 Å². The Labute approximate surface area is 360 Å². The molecule has 11 atom stereocenters. The molecule has 4 aliphatic rings. The molecule has 0 aromatic heterocycles. The van der Waals surface area contributed by atoms with Crippen LogP contribution in [0.3, 0.4) is 0 Å². The molecule has 0 aromatic rings. The number of carbonyl (C=O) groups is 4. The van der Waals surface area contributed by atoms with E-state index in [1.165, 1.54) is 4.90 Å². The minimum atomic E-state index is -1.72. The first-order valence-electron chi connectivity index (χ1n) is 22.9. The molecule has 2 bridgehead atoms. The van der Waals surface area contributed by atoms with E-state index in [-0.39, 0.29) is 78.7 Å². The van der Waals surface area contributed by atoms with Gasteiger partial charge in [-0.2, -0.15) is 0 Å². The van der Waals surface area contributed by atoms with Crippen molar-refractivity contribution in [2.24, 2.45) is 35.5 Å². The molecule has 0 radical (unpaired) electrons. The number of hydrogen-bond donors (Lipinski definition) is 3. The van der Waals surface area contributed by atoms with Crippen molar-refractivity contribution in [3.63, 3.8) is 0 Å². The molecule has 0 unspecified atom stereocenters. The van der Waals surface area contributed by atoms with Gasteiger partial charge in [0.05, 0.1) is 30.8 Å². The Morgan fingerprint density at radius 3 is 2.28 bits per heavy atom. The number of allylic oxidation sites excluding steroid dienone is 6. The summed E-state index contributed by atoms with van der Waals surface area (Å²) in [6.07, 6.45) is 16.7. The molecule has 60 heavy (non-hydrogen) atoms. The smallest absolute Gasteiger partial charge is 0.329 e. The molecule has 11 nitrogen and oxygen atoms in total. The SMILES string of the molecule is CO[C@H]1C[C@@H]2CC[C@@H](C)[C@](O)(CC(=O)N3CCCC[C@H]3C(=O)O[C@H]([C@H](C)CC3CCC(O)CC3)CC(=O)[C@H](C)/C=C(\C)[C@@H](O)CC(=O)[C@H](C)C[C@H](C)\C=C/C=C/C=C/1C)O2. The Kier molecular flexibility index (Phi) is 19.4. The summed E-state index contributed by atoms with van der Waals surface area (Å²) in [5, 5.41) is 33.2. The zero-order chi connectivity index (χ0) is 44.1. The summed E-state index contributed by atoms with van der Waals surface area (Å²) in [4.78, 5) is 57.1. The molecule has 1 aliphatic carbocycles. The number of nitrogens with zero attached hydrogens (tertiary/aromatic N) is 1. The van der Waals surface area contributed by atoms with Gasteiger partial charge in [-0.05, 0) is 113 Å². The van der Waals surface area contributed by atoms with Crippen LogP contribution in [-0.4, -0.2) is 99.7 Å². The van der Waals surface area contributed by atoms with E-state index in [9.17, 15) is 34.5 Å². The maximum atomic E-state index is 14.2. The summed E-state index contributed by atoms with van der Waals surface area (Å²) in [7, 11) is 1.65. The highest BCUT2D eigenvalue weighted by Gasteiger charge is 2.46. The summed E-state index contributed by atoms with van der Waals surface area (Å²) in [5.41, 5.74) is 1.53. The minimum Gasteiger partial charge on any atom is -0.460 e. The highest BCUT2D eigenvalue weighted by molar-refractivity contribution is 5.86. The fourth-order valence-electron chi connectivity index (χ4n) is 9.59. The summed E-state index contributed by atoms with van der Waals surface area (Å²) in [5.74, 6) is -3.75. The lowest BCUT2D eigenvalue weighted by Crippen LogP contribution is -2.55. The Bertz CT molecular complexity index is 1560. The van der Waals surface area contributed by atoms with E-state index >= 15 is 0 Å². The number of aliphatic hydroxyl groups is 3. The van der Waals surface area contributed by atoms with Gasteiger partial charge in [0.25, 0.3) is 0 Å². The van der Waals surface area contributed by atoms with Gasteiger partial charge in [0.1, 0.15) is 23.7 Å². The maximum Gasteiger partial charge on any atom is 0.329 e. The van der Waals surface area contributed by atoms with Crippen molar-refractivity contribution in [1.29, 1.82) is 0 Å². The van der Waals surface area contributed by atoms with Crippen molar-refractivity contribution >= 4 is 23.4 Å². The van der Waals surface area contributed by atoms with Gasteiger partial charge in [0.15, 0.2) is 5.79 Å². The van der Waals surface area contributed by atoms with Crippen LogP contribution in [0.15, 0.2) is 47.6 Å². The van der Waals surface area contributed by atoms with Crippen molar-refractivity contribution < 1.29 is 48.7 Å². The van der Waals surface area contributed by atoms with E-state index in [1.807, 2.05) is 52.0 Å². The van der Waals surface area contributed by atoms with Gasteiger partial charge in [0.2, 0.25) is 5.91 Å². The standard InChI is InChI=1S/C49H77NO10/c1-31-14-10-9-11-15-32(2)45(58-8)27-40-22-17-37(7)49(57,60-40)30-47(55)50-23-13-12-16-41(50)48(56)59-46(36(6)26-38-18-20-39(51)21-19-38)29-44(54)35(5)25-34(4)43(53)28-42(52)33(3)24-31/h9-11,14-15,25,31,33,35-41,43,45-46,51,53,57H,12-13,16-24,26-30H2,1-8H3/b11-9+,14-10-,32-15+,34-25+/t31-,33-,35-,36-,37-,38?,39?,40+,41+,43+,45+,46+,49+/m1/s1. The summed E-state index contributed by atoms with van der Waals surface area (Å²) < 4.78 is 18.6.